The molecule has 19 heteroatoms. The lowest BCUT2D eigenvalue weighted by atomic mass is 9.99. The van der Waals surface area contributed by atoms with Crippen LogP contribution in [0.4, 0.5) is 0 Å². The Hall–Kier alpha value is -1.94. The molecule has 0 heterocycles. The molecule has 17 nitrogen and oxygen atoms in total. The normalized spacial score (nSPS) is 14.3. The zero-order valence-electron chi connectivity index (χ0n) is 64.3. The van der Waals surface area contributed by atoms with Gasteiger partial charge in [0.05, 0.1) is 26.4 Å². The van der Waals surface area contributed by atoms with Crippen molar-refractivity contribution >= 4 is 39.5 Å². The van der Waals surface area contributed by atoms with Crippen LogP contribution in [-0.2, 0) is 65.4 Å². The van der Waals surface area contributed by atoms with E-state index in [2.05, 4.69) is 48.5 Å². The average molecular weight is 1440 g/mol. The number of hydrogen-bond acceptors (Lipinski definition) is 15. The van der Waals surface area contributed by atoms with Crippen molar-refractivity contribution < 1.29 is 80.2 Å². The highest BCUT2D eigenvalue weighted by atomic mass is 31.2. The second-order valence-electron chi connectivity index (χ2n) is 29.6. The van der Waals surface area contributed by atoms with Crippen molar-refractivity contribution in [1.82, 2.24) is 0 Å². The first-order chi connectivity index (χ1) is 47.3. The number of ether oxygens (including phenoxy) is 4. The fourth-order valence-electron chi connectivity index (χ4n) is 12.1. The SMILES string of the molecule is CCCCCCCCCCCCC(=O)OC[C@H](COP(=O)(O)OC[C@H](O)COP(=O)(O)OC[C@@H](COC(=O)CCCCCCCCCCCCC(C)CC)OC(=O)CCCCCCCCCCCCCCCCCCCCC(C)C)OC(=O)CCCCCCCCCCCCC(C)C. The molecule has 3 N–H and O–H groups in total. The number of phosphoric acid groups is 2. The first-order valence-electron chi connectivity index (χ1n) is 40.9. The Balaban J connectivity index is 5.22. The third kappa shape index (κ3) is 71.1. The third-order valence-corrected chi connectivity index (χ3v) is 20.6. The highest BCUT2D eigenvalue weighted by molar-refractivity contribution is 7.47. The summed E-state index contributed by atoms with van der Waals surface area (Å²) in [7, 11) is -9.92. The standard InChI is InChI=1S/C79H154O17P2/c1-8-10-11-12-13-14-32-39-46-53-60-76(81)89-66-74(96-79(84)63-56-49-42-35-27-25-30-37-44-51-58-71(5)6)68-93-97(85,86)91-64-73(80)65-92-98(87,88)94-69-75(67-90-77(82)61-54-47-40-33-28-26-31-38-45-52-59-72(7)9-2)95-78(83)62-55-48-41-34-24-22-20-18-16-15-17-19-21-23-29-36-43-50-57-70(3)4/h70-75,80H,8-69H2,1-7H3,(H,85,86)(H,87,88)/t72?,73-,74+,75+/m0/s1. The van der Waals surface area contributed by atoms with Gasteiger partial charge >= 0.3 is 39.5 Å². The van der Waals surface area contributed by atoms with Gasteiger partial charge in [-0.05, 0) is 43.4 Å². The van der Waals surface area contributed by atoms with Gasteiger partial charge in [0.15, 0.2) is 12.2 Å². The van der Waals surface area contributed by atoms with Gasteiger partial charge in [0.2, 0.25) is 0 Å². The lowest BCUT2D eigenvalue weighted by molar-refractivity contribution is -0.161. The van der Waals surface area contributed by atoms with Crippen LogP contribution in [0.25, 0.3) is 0 Å². The molecule has 0 aliphatic rings. The van der Waals surface area contributed by atoms with Crippen LogP contribution in [-0.4, -0.2) is 96.7 Å². The van der Waals surface area contributed by atoms with E-state index < -0.39 is 97.5 Å². The van der Waals surface area contributed by atoms with Gasteiger partial charge < -0.3 is 33.8 Å². The minimum Gasteiger partial charge on any atom is -0.462 e. The molecule has 0 fully saturated rings. The average Bonchev–Trinajstić information content (AvgIpc) is 1.27. The van der Waals surface area contributed by atoms with E-state index in [-0.39, 0.29) is 25.7 Å². The van der Waals surface area contributed by atoms with E-state index >= 15 is 0 Å². The van der Waals surface area contributed by atoms with E-state index in [9.17, 15) is 43.2 Å². The van der Waals surface area contributed by atoms with Crippen LogP contribution in [0.15, 0.2) is 0 Å². The van der Waals surface area contributed by atoms with Crippen molar-refractivity contribution in [3.63, 3.8) is 0 Å². The number of carbonyl (C=O) groups excluding carboxylic acids is 4. The van der Waals surface area contributed by atoms with Crippen molar-refractivity contribution in [2.75, 3.05) is 39.6 Å². The van der Waals surface area contributed by atoms with Crippen LogP contribution < -0.4 is 0 Å². The monoisotopic (exact) mass is 1440 g/mol. The van der Waals surface area contributed by atoms with Gasteiger partial charge in [0.25, 0.3) is 0 Å². The number of phosphoric ester groups is 2. The number of aliphatic hydroxyl groups is 1. The van der Waals surface area contributed by atoms with Crippen molar-refractivity contribution in [1.29, 1.82) is 0 Å². The lowest BCUT2D eigenvalue weighted by Gasteiger charge is -2.21. The maximum atomic E-state index is 13.1. The van der Waals surface area contributed by atoms with E-state index in [0.717, 1.165) is 108 Å². The summed E-state index contributed by atoms with van der Waals surface area (Å²) in [6.07, 6.45) is 56.8. The second-order valence-corrected chi connectivity index (χ2v) is 32.6. The smallest absolute Gasteiger partial charge is 0.462 e. The van der Waals surface area contributed by atoms with Gasteiger partial charge in [-0.2, -0.15) is 0 Å². The Kier molecular flexibility index (Phi) is 68.1. The fraction of sp³-hybridized carbons (Fsp3) is 0.949. The van der Waals surface area contributed by atoms with Crippen molar-refractivity contribution in [3.8, 4) is 0 Å². The molecule has 3 unspecified atom stereocenters. The maximum Gasteiger partial charge on any atom is 0.472 e. The molecule has 0 saturated carbocycles. The highest BCUT2D eigenvalue weighted by Crippen LogP contribution is 2.45. The van der Waals surface area contributed by atoms with Crippen LogP contribution in [0.2, 0.25) is 0 Å². The van der Waals surface area contributed by atoms with Crippen LogP contribution in [0, 0.1) is 17.8 Å². The molecule has 0 aliphatic heterocycles. The first kappa shape index (κ1) is 96.1. The van der Waals surface area contributed by atoms with Gasteiger partial charge in [-0.3, -0.25) is 37.3 Å². The Bertz CT molecular complexity index is 1910. The van der Waals surface area contributed by atoms with Gasteiger partial charge in [-0.25, -0.2) is 9.13 Å². The zero-order chi connectivity index (χ0) is 72.3. The summed E-state index contributed by atoms with van der Waals surface area (Å²) >= 11 is 0. The molecule has 0 aromatic rings. The molecule has 0 bridgehead atoms. The first-order valence-corrected chi connectivity index (χ1v) is 43.9. The van der Waals surface area contributed by atoms with Crippen LogP contribution in [0.1, 0.15) is 408 Å². The summed E-state index contributed by atoms with van der Waals surface area (Å²) < 4.78 is 68.6. The maximum absolute atomic E-state index is 13.1. The van der Waals surface area contributed by atoms with Crippen LogP contribution in [0.3, 0.4) is 0 Å². The lowest BCUT2D eigenvalue weighted by Crippen LogP contribution is -2.30. The zero-order valence-corrected chi connectivity index (χ0v) is 66.0. The van der Waals surface area contributed by atoms with Crippen LogP contribution >= 0.6 is 15.6 Å². The Labute approximate surface area is 600 Å². The quantitative estimate of drug-likeness (QED) is 0.0222. The van der Waals surface area contributed by atoms with Crippen molar-refractivity contribution in [2.45, 2.75) is 426 Å². The predicted octanol–water partition coefficient (Wildman–Crippen LogP) is 23.4. The number of carbonyl (C=O) groups is 4. The van der Waals surface area contributed by atoms with E-state index in [4.69, 9.17) is 37.0 Å². The minimum absolute atomic E-state index is 0.106. The molecule has 0 aromatic heterocycles. The number of hydrogen-bond donors (Lipinski definition) is 3. The van der Waals surface area contributed by atoms with E-state index in [1.54, 1.807) is 0 Å². The molecule has 582 valence electrons. The minimum atomic E-state index is -4.96. The van der Waals surface area contributed by atoms with E-state index in [0.29, 0.717) is 25.7 Å². The van der Waals surface area contributed by atoms with Gasteiger partial charge in [0.1, 0.15) is 19.3 Å². The Morgan fingerprint density at radius 3 is 0.776 bits per heavy atom. The largest absolute Gasteiger partial charge is 0.472 e. The molecule has 98 heavy (non-hydrogen) atoms. The molecule has 0 spiro atoms. The molecule has 0 aliphatic carbocycles. The van der Waals surface area contributed by atoms with Gasteiger partial charge in [-0.1, -0.05) is 357 Å². The topological polar surface area (TPSA) is 237 Å². The Morgan fingerprint density at radius 1 is 0.296 bits per heavy atom. The molecule has 0 amide bonds. The predicted molar refractivity (Wildman–Crippen MR) is 400 cm³/mol. The fourth-order valence-corrected chi connectivity index (χ4v) is 13.7. The molecule has 0 saturated heterocycles. The molecule has 0 radical (unpaired) electrons. The summed E-state index contributed by atoms with van der Waals surface area (Å²) in [5.41, 5.74) is 0. The molecular formula is C79H154O17P2. The number of unbranched alkanes of at least 4 members (excludes halogenated alkanes) is 44. The summed E-state index contributed by atoms with van der Waals surface area (Å²) in [6.45, 7) is 12.0. The summed E-state index contributed by atoms with van der Waals surface area (Å²) in [5, 5.41) is 10.6. The van der Waals surface area contributed by atoms with E-state index in [1.807, 2.05) is 0 Å². The molecule has 0 aromatic carbocycles. The Morgan fingerprint density at radius 2 is 0.520 bits per heavy atom. The highest BCUT2D eigenvalue weighted by Gasteiger charge is 2.30. The van der Waals surface area contributed by atoms with Crippen LogP contribution in [0.5, 0.6) is 0 Å². The van der Waals surface area contributed by atoms with Crippen molar-refractivity contribution in [3.05, 3.63) is 0 Å². The number of aliphatic hydroxyl groups excluding tert-OH is 1. The molecule has 6 atom stereocenters. The number of esters is 4. The van der Waals surface area contributed by atoms with E-state index in [1.165, 1.54) is 218 Å². The summed E-state index contributed by atoms with van der Waals surface area (Å²) in [5.74, 6) is 0.268. The third-order valence-electron chi connectivity index (χ3n) is 18.7. The molecular weight excluding hydrogens is 1280 g/mol. The van der Waals surface area contributed by atoms with Gasteiger partial charge in [-0.15, -0.1) is 0 Å². The second kappa shape index (κ2) is 69.4. The van der Waals surface area contributed by atoms with Crippen molar-refractivity contribution in [2.24, 2.45) is 17.8 Å². The summed E-state index contributed by atoms with van der Waals surface area (Å²) in [6, 6.07) is 0. The number of rotatable bonds is 77. The molecule has 0 rings (SSSR count). The summed E-state index contributed by atoms with van der Waals surface area (Å²) in [4.78, 5) is 72.9. The van der Waals surface area contributed by atoms with Gasteiger partial charge in [0, 0.05) is 25.7 Å².